The molecule has 0 unspecified atom stereocenters. The lowest BCUT2D eigenvalue weighted by molar-refractivity contribution is 0.417. The van der Waals surface area contributed by atoms with E-state index in [9.17, 15) is 25.9 Å². The van der Waals surface area contributed by atoms with Crippen LogP contribution >= 0.6 is 0 Å². The molecule has 0 atom stereocenters. The van der Waals surface area contributed by atoms with E-state index in [1.165, 1.54) is 25.3 Å². The number of fused-ring (bicyclic) bond motifs is 1. The number of nitrogens with zero attached hydrogens (tertiary/aromatic N) is 2. The molecule has 4 N–H and O–H groups in total. The standard InChI is InChI=1S/C18H17N3O7S2/c1-10-6-13(19)16(28-2)9-14(10)20-21-15-8-12-11(7-18(15)30(25,26)27)4-3-5-17(12)29(22,23)24/h3-9H,19H2,1-2H3,(H,22,23,24)(H,25,26,27). The van der Waals surface area contributed by atoms with Gasteiger partial charge in [-0.15, -0.1) is 5.11 Å². The molecule has 0 spiro atoms. The summed E-state index contributed by atoms with van der Waals surface area (Å²) in [7, 11) is -7.90. The van der Waals surface area contributed by atoms with Crippen LogP contribution in [-0.2, 0) is 20.2 Å². The van der Waals surface area contributed by atoms with Gasteiger partial charge in [0.1, 0.15) is 21.2 Å². The van der Waals surface area contributed by atoms with Gasteiger partial charge in [-0.3, -0.25) is 9.11 Å². The van der Waals surface area contributed by atoms with Crippen LogP contribution < -0.4 is 10.5 Å². The molecule has 0 heterocycles. The minimum absolute atomic E-state index is 0.00737. The zero-order chi connectivity index (χ0) is 22.3. The molecule has 0 aliphatic rings. The van der Waals surface area contributed by atoms with E-state index in [0.29, 0.717) is 22.7 Å². The number of methoxy groups -OCH3 is 1. The molecular formula is C18H17N3O7S2. The Morgan fingerprint density at radius 2 is 1.53 bits per heavy atom. The Kier molecular flexibility index (Phi) is 5.52. The van der Waals surface area contributed by atoms with E-state index >= 15 is 0 Å². The lowest BCUT2D eigenvalue weighted by Crippen LogP contribution is -2.01. The Morgan fingerprint density at radius 3 is 2.13 bits per heavy atom. The second kappa shape index (κ2) is 7.65. The quantitative estimate of drug-likeness (QED) is 0.300. The maximum absolute atomic E-state index is 11.9. The fraction of sp³-hybridized carbons (Fsp3) is 0.111. The Labute approximate surface area is 172 Å². The lowest BCUT2D eigenvalue weighted by Gasteiger charge is -2.09. The molecule has 0 amide bonds. The van der Waals surface area contributed by atoms with Gasteiger partial charge in [-0.1, -0.05) is 12.1 Å². The predicted molar refractivity (Wildman–Crippen MR) is 110 cm³/mol. The van der Waals surface area contributed by atoms with Crippen molar-refractivity contribution in [2.24, 2.45) is 10.2 Å². The number of hydrogen-bond donors (Lipinski definition) is 3. The number of rotatable bonds is 5. The van der Waals surface area contributed by atoms with E-state index in [1.807, 2.05) is 0 Å². The van der Waals surface area contributed by atoms with E-state index in [1.54, 1.807) is 13.0 Å². The van der Waals surface area contributed by atoms with Gasteiger partial charge in [0.25, 0.3) is 20.2 Å². The van der Waals surface area contributed by atoms with Gasteiger partial charge in [0, 0.05) is 11.5 Å². The Balaban J connectivity index is 2.28. The third-order valence-electron chi connectivity index (χ3n) is 4.29. The summed E-state index contributed by atoms with van der Waals surface area (Å²) < 4.78 is 71.2. The van der Waals surface area contributed by atoms with Crippen molar-refractivity contribution in [3.8, 4) is 5.75 Å². The van der Waals surface area contributed by atoms with Gasteiger partial charge >= 0.3 is 0 Å². The van der Waals surface area contributed by atoms with Crippen molar-refractivity contribution in [1.29, 1.82) is 0 Å². The Bertz CT molecular complexity index is 1400. The normalized spacial score (nSPS) is 12.5. The maximum atomic E-state index is 11.9. The summed E-state index contributed by atoms with van der Waals surface area (Å²) in [6.07, 6.45) is 0. The molecule has 3 rings (SSSR count). The fourth-order valence-corrected chi connectivity index (χ4v) is 4.21. The lowest BCUT2D eigenvalue weighted by atomic mass is 10.1. The van der Waals surface area contributed by atoms with E-state index in [4.69, 9.17) is 10.5 Å². The van der Waals surface area contributed by atoms with Crippen LogP contribution in [0, 0.1) is 6.92 Å². The van der Waals surface area contributed by atoms with Crippen LogP contribution in [-0.4, -0.2) is 33.1 Å². The van der Waals surface area contributed by atoms with E-state index < -0.39 is 30.0 Å². The van der Waals surface area contributed by atoms with Gasteiger partial charge in [-0.05, 0) is 42.1 Å². The molecule has 0 aromatic heterocycles. The fourth-order valence-electron chi connectivity index (χ4n) is 2.87. The van der Waals surface area contributed by atoms with Crippen LogP contribution in [0.15, 0.2) is 62.5 Å². The maximum Gasteiger partial charge on any atom is 0.296 e. The van der Waals surface area contributed by atoms with Gasteiger partial charge in [-0.2, -0.15) is 21.9 Å². The van der Waals surface area contributed by atoms with Crippen LogP contribution in [0.4, 0.5) is 17.1 Å². The number of nitrogen functional groups attached to an aromatic ring is 1. The summed E-state index contributed by atoms with van der Waals surface area (Å²) in [6.45, 7) is 1.70. The van der Waals surface area contributed by atoms with Crippen molar-refractivity contribution in [3.05, 3.63) is 48.0 Å². The van der Waals surface area contributed by atoms with Crippen LogP contribution in [0.3, 0.4) is 0 Å². The van der Waals surface area contributed by atoms with E-state index in [2.05, 4.69) is 10.2 Å². The zero-order valence-corrected chi connectivity index (χ0v) is 17.4. The topological polar surface area (TPSA) is 169 Å². The number of ether oxygens (including phenoxy) is 1. The SMILES string of the molecule is COc1cc(N=Nc2cc3c(S(=O)(=O)O)cccc3cc2S(=O)(=O)O)c(C)cc1N. The van der Waals surface area contributed by atoms with Crippen LogP contribution in [0.1, 0.15) is 5.56 Å². The molecule has 0 fully saturated rings. The molecule has 0 aliphatic heterocycles. The van der Waals surface area contributed by atoms with Gasteiger partial charge < -0.3 is 10.5 Å². The highest BCUT2D eigenvalue weighted by atomic mass is 32.2. The summed E-state index contributed by atoms with van der Waals surface area (Å²) in [5.41, 5.74) is 6.79. The first-order valence-electron chi connectivity index (χ1n) is 8.29. The molecule has 0 bridgehead atoms. The highest BCUT2D eigenvalue weighted by Gasteiger charge is 2.21. The first-order valence-corrected chi connectivity index (χ1v) is 11.2. The summed E-state index contributed by atoms with van der Waals surface area (Å²) in [5.74, 6) is 0.330. The van der Waals surface area contributed by atoms with E-state index in [0.717, 1.165) is 18.2 Å². The molecule has 0 saturated heterocycles. The van der Waals surface area contributed by atoms with Crippen molar-refractivity contribution in [3.63, 3.8) is 0 Å². The average molecular weight is 451 g/mol. The third-order valence-corrected chi connectivity index (χ3v) is 6.08. The van der Waals surface area contributed by atoms with Crippen LogP contribution in [0.25, 0.3) is 10.8 Å². The third kappa shape index (κ3) is 4.26. The molecular weight excluding hydrogens is 434 g/mol. The molecule has 3 aromatic carbocycles. The largest absolute Gasteiger partial charge is 0.495 e. The van der Waals surface area contributed by atoms with Crippen molar-refractivity contribution < 1.29 is 30.7 Å². The van der Waals surface area contributed by atoms with Gasteiger partial charge in [-0.25, -0.2) is 0 Å². The van der Waals surface area contributed by atoms with Gasteiger partial charge in [0.2, 0.25) is 0 Å². The molecule has 30 heavy (non-hydrogen) atoms. The van der Waals surface area contributed by atoms with Gasteiger partial charge in [0.15, 0.2) is 0 Å². The molecule has 0 saturated carbocycles. The highest BCUT2D eigenvalue weighted by molar-refractivity contribution is 7.86. The molecule has 10 nitrogen and oxygen atoms in total. The summed E-state index contributed by atoms with van der Waals surface area (Å²) in [6, 6.07) is 9.14. The monoisotopic (exact) mass is 451 g/mol. The molecule has 158 valence electrons. The van der Waals surface area contributed by atoms with Crippen molar-refractivity contribution in [2.45, 2.75) is 16.7 Å². The molecule has 0 aliphatic carbocycles. The minimum atomic E-state index is -4.72. The molecule has 3 aromatic rings. The van der Waals surface area contributed by atoms with Crippen molar-refractivity contribution >= 4 is 48.1 Å². The molecule has 0 radical (unpaired) electrons. The minimum Gasteiger partial charge on any atom is -0.495 e. The number of azo groups is 1. The first kappa shape index (κ1) is 21.6. The van der Waals surface area contributed by atoms with Gasteiger partial charge in [0.05, 0.1) is 18.5 Å². The number of nitrogens with two attached hydrogens (primary N) is 1. The predicted octanol–water partition coefficient (Wildman–Crippen LogP) is 3.65. The summed E-state index contributed by atoms with van der Waals surface area (Å²) in [5, 5.41) is 8.06. The molecule has 12 heteroatoms. The average Bonchev–Trinajstić information content (AvgIpc) is 2.64. The van der Waals surface area contributed by atoms with Crippen molar-refractivity contribution in [1.82, 2.24) is 0 Å². The first-order chi connectivity index (χ1) is 13.9. The zero-order valence-electron chi connectivity index (χ0n) is 15.8. The van der Waals surface area contributed by atoms with E-state index in [-0.39, 0.29) is 16.5 Å². The number of aryl methyl sites for hydroxylation is 1. The summed E-state index contributed by atoms with van der Waals surface area (Å²) in [4.78, 5) is -1.02. The number of benzene rings is 3. The second-order valence-corrected chi connectivity index (χ2v) is 9.11. The Morgan fingerprint density at radius 1 is 0.900 bits per heavy atom. The number of anilines is 1. The highest BCUT2D eigenvalue weighted by Crippen LogP contribution is 2.36. The van der Waals surface area contributed by atoms with Crippen molar-refractivity contribution in [2.75, 3.05) is 12.8 Å². The number of hydrogen-bond acceptors (Lipinski definition) is 8. The van der Waals surface area contributed by atoms with Crippen LogP contribution in [0.5, 0.6) is 5.75 Å². The van der Waals surface area contributed by atoms with Crippen LogP contribution in [0.2, 0.25) is 0 Å². The smallest absolute Gasteiger partial charge is 0.296 e. The second-order valence-electron chi connectivity index (χ2n) is 6.33. The summed E-state index contributed by atoms with van der Waals surface area (Å²) >= 11 is 0. The Hall–Kier alpha value is -3.06.